The lowest BCUT2D eigenvalue weighted by Crippen LogP contribution is -2.16. The number of ketones is 1. The van der Waals surface area contributed by atoms with Crippen LogP contribution in [0.15, 0.2) is 36.5 Å². The summed E-state index contributed by atoms with van der Waals surface area (Å²) in [5.41, 5.74) is 2.98. The van der Waals surface area contributed by atoms with Crippen molar-refractivity contribution in [2.75, 3.05) is 24.3 Å². The molecule has 5 heteroatoms. The van der Waals surface area contributed by atoms with Crippen LogP contribution >= 0.6 is 0 Å². The minimum absolute atomic E-state index is 0.154. The van der Waals surface area contributed by atoms with E-state index in [0.717, 1.165) is 29.8 Å². The average molecular weight is 309 g/mol. The molecule has 0 spiro atoms. The van der Waals surface area contributed by atoms with Gasteiger partial charge in [0.1, 0.15) is 5.82 Å². The molecule has 0 aliphatic heterocycles. The highest BCUT2D eigenvalue weighted by atomic mass is 16.1. The summed E-state index contributed by atoms with van der Waals surface area (Å²) in [6.07, 6.45) is 4.02. The topological polar surface area (TPSA) is 62.3 Å². The highest BCUT2D eigenvalue weighted by Gasteiger charge is 2.18. The first-order chi connectivity index (χ1) is 11.0. The molecule has 0 saturated carbocycles. The molecule has 5 nitrogen and oxygen atoms in total. The van der Waals surface area contributed by atoms with Crippen LogP contribution in [0, 0.1) is 0 Å². The number of hydrogen-bond acceptors (Lipinski definition) is 4. The SMILES string of the molecule is CN(C)c1cc(C(=O)Nc2ccc3c(c2)C(=O)CCC3)ccn1. The smallest absolute Gasteiger partial charge is 0.255 e. The highest BCUT2D eigenvalue weighted by molar-refractivity contribution is 6.06. The quantitative estimate of drug-likeness (QED) is 0.947. The van der Waals surface area contributed by atoms with Gasteiger partial charge >= 0.3 is 0 Å². The van der Waals surface area contributed by atoms with E-state index in [1.807, 2.05) is 31.1 Å². The molecule has 1 amide bonds. The predicted molar refractivity (Wildman–Crippen MR) is 90.2 cm³/mol. The summed E-state index contributed by atoms with van der Waals surface area (Å²) in [5.74, 6) is 0.665. The number of aromatic nitrogens is 1. The molecule has 2 aromatic rings. The molecular weight excluding hydrogens is 290 g/mol. The Morgan fingerprint density at radius 3 is 2.78 bits per heavy atom. The maximum atomic E-state index is 12.4. The van der Waals surface area contributed by atoms with E-state index in [4.69, 9.17) is 0 Å². The molecule has 0 atom stereocenters. The number of rotatable bonds is 3. The number of nitrogens with one attached hydrogen (secondary N) is 1. The number of benzene rings is 1. The average Bonchev–Trinajstić information content (AvgIpc) is 2.55. The van der Waals surface area contributed by atoms with Gasteiger partial charge in [0.15, 0.2) is 5.78 Å². The summed E-state index contributed by atoms with van der Waals surface area (Å²) >= 11 is 0. The van der Waals surface area contributed by atoms with Crippen LogP contribution in [0.1, 0.15) is 39.1 Å². The number of amides is 1. The number of carbonyl (C=O) groups excluding carboxylic acids is 2. The molecule has 0 fully saturated rings. The Labute approximate surface area is 135 Å². The summed E-state index contributed by atoms with van der Waals surface area (Å²) in [4.78, 5) is 30.4. The minimum Gasteiger partial charge on any atom is -0.363 e. The lowest BCUT2D eigenvalue weighted by atomic mass is 9.90. The predicted octanol–water partition coefficient (Wildman–Crippen LogP) is 2.92. The Balaban J connectivity index is 1.82. The number of pyridine rings is 1. The lowest BCUT2D eigenvalue weighted by molar-refractivity contribution is 0.0970. The van der Waals surface area contributed by atoms with Crippen molar-refractivity contribution >= 4 is 23.2 Å². The Bertz CT molecular complexity index is 769. The van der Waals surface area contributed by atoms with E-state index in [0.29, 0.717) is 17.7 Å². The van der Waals surface area contributed by atoms with Crippen molar-refractivity contribution in [2.24, 2.45) is 0 Å². The first-order valence-corrected chi connectivity index (χ1v) is 7.65. The van der Waals surface area contributed by atoms with Crippen LogP contribution in [-0.2, 0) is 6.42 Å². The van der Waals surface area contributed by atoms with Crippen molar-refractivity contribution in [2.45, 2.75) is 19.3 Å². The first kappa shape index (κ1) is 15.2. The van der Waals surface area contributed by atoms with Crippen molar-refractivity contribution in [3.63, 3.8) is 0 Å². The van der Waals surface area contributed by atoms with Gasteiger partial charge < -0.3 is 10.2 Å². The summed E-state index contributed by atoms with van der Waals surface area (Å²) in [7, 11) is 3.75. The number of nitrogens with zero attached hydrogens (tertiary/aromatic N) is 2. The van der Waals surface area contributed by atoms with Gasteiger partial charge in [-0.2, -0.15) is 0 Å². The van der Waals surface area contributed by atoms with E-state index in [1.54, 1.807) is 24.4 Å². The van der Waals surface area contributed by atoms with Crippen LogP contribution in [0.25, 0.3) is 0 Å². The van der Waals surface area contributed by atoms with E-state index in [1.165, 1.54) is 0 Å². The van der Waals surface area contributed by atoms with Gasteiger partial charge in [-0.3, -0.25) is 9.59 Å². The third-order valence-electron chi connectivity index (χ3n) is 3.98. The second-order valence-corrected chi connectivity index (χ2v) is 5.90. The number of carbonyl (C=O) groups is 2. The van der Waals surface area contributed by atoms with Gasteiger partial charge in [0, 0.05) is 43.5 Å². The molecule has 1 aliphatic rings. The van der Waals surface area contributed by atoms with Crippen LogP contribution in [0.4, 0.5) is 11.5 Å². The number of hydrogen-bond donors (Lipinski definition) is 1. The van der Waals surface area contributed by atoms with E-state index in [9.17, 15) is 9.59 Å². The maximum Gasteiger partial charge on any atom is 0.255 e. The van der Waals surface area contributed by atoms with E-state index < -0.39 is 0 Å². The summed E-state index contributed by atoms with van der Waals surface area (Å²) in [5, 5.41) is 2.86. The molecular formula is C18H19N3O2. The molecule has 23 heavy (non-hydrogen) atoms. The van der Waals surface area contributed by atoms with Crippen molar-refractivity contribution < 1.29 is 9.59 Å². The fraction of sp³-hybridized carbons (Fsp3) is 0.278. The van der Waals surface area contributed by atoms with Gasteiger partial charge in [0.25, 0.3) is 5.91 Å². The third-order valence-corrected chi connectivity index (χ3v) is 3.98. The molecule has 1 aromatic carbocycles. The number of aryl methyl sites for hydroxylation is 1. The van der Waals surface area contributed by atoms with Gasteiger partial charge in [-0.05, 0) is 42.7 Å². The molecule has 0 bridgehead atoms. The summed E-state index contributed by atoms with van der Waals surface area (Å²) in [6, 6.07) is 8.97. The number of Topliss-reactive ketones (excluding diaryl/α,β-unsaturated/α-hetero) is 1. The standard InChI is InChI=1S/C18H19N3O2/c1-21(2)17-10-13(8-9-19-17)18(23)20-14-7-6-12-4-3-5-16(22)15(12)11-14/h6-11H,3-5H2,1-2H3,(H,20,23). The molecule has 118 valence electrons. The monoisotopic (exact) mass is 309 g/mol. The lowest BCUT2D eigenvalue weighted by Gasteiger charge is -2.16. The van der Waals surface area contributed by atoms with Gasteiger partial charge in [-0.25, -0.2) is 4.98 Å². The Hall–Kier alpha value is -2.69. The molecule has 1 heterocycles. The largest absolute Gasteiger partial charge is 0.363 e. The Morgan fingerprint density at radius 2 is 2.00 bits per heavy atom. The number of anilines is 2. The fourth-order valence-electron chi connectivity index (χ4n) is 2.71. The first-order valence-electron chi connectivity index (χ1n) is 7.65. The van der Waals surface area contributed by atoms with Crippen LogP contribution < -0.4 is 10.2 Å². The van der Waals surface area contributed by atoms with Crippen LogP contribution in [0.5, 0.6) is 0 Å². The molecule has 0 unspecified atom stereocenters. The van der Waals surface area contributed by atoms with Crippen LogP contribution in [-0.4, -0.2) is 30.8 Å². The van der Waals surface area contributed by atoms with Crippen molar-refractivity contribution in [1.29, 1.82) is 0 Å². The van der Waals surface area contributed by atoms with Gasteiger partial charge in [-0.15, -0.1) is 0 Å². The Morgan fingerprint density at radius 1 is 1.17 bits per heavy atom. The minimum atomic E-state index is -0.210. The summed E-state index contributed by atoms with van der Waals surface area (Å²) in [6.45, 7) is 0. The zero-order valence-electron chi connectivity index (χ0n) is 13.3. The molecule has 1 aromatic heterocycles. The molecule has 3 rings (SSSR count). The number of fused-ring (bicyclic) bond motifs is 1. The van der Waals surface area contributed by atoms with Crippen LogP contribution in [0.2, 0.25) is 0 Å². The second kappa shape index (κ2) is 6.20. The van der Waals surface area contributed by atoms with E-state index >= 15 is 0 Å². The highest BCUT2D eigenvalue weighted by Crippen LogP contribution is 2.24. The third kappa shape index (κ3) is 3.23. The van der Waals surface area contributed by atoms with E-state index in [-0.39, 0.29) is 11.7 Å². The molecule has 1 N–H and O–H groups in total. The van der Waals surface area contributed by atoms with Crippen molar-refractivity contribution in [1.82, 2.24) is 4.98 Å². The van der Waals surface area contributed by atoms with Gasteiger partial charge in [0.05, 0.1) is 0 Å². The maximum absolute atomic E-state index is 12.4. The second-order valence-electron chi connectivity index (χ2n) is 5.90. The molecule has 0 saturated heterocycles. The van der Waals surface area contributed by atoms with Gasteiger partial charge in [0.2, 0.25) is 0 Å². The zero-order valence-corrected chi connectivity index (χ0v) is 13.3. The zero-order chi connectivity index (χ0) is 16.4. The molecule has 1 aliphatic carbocycles. The normalized spacial score (nSPS) is 13.4. The van der Waals surface area contributed by atoms with Crippen molar-refractivity contribution in [3.8, 4) is 0 Å². The van der Waals surface area contributed by atoms with Gasteiger partial charge in [-0.1, -0.05) is 6.07 Å². The van der Waals surface area contributed by atoms with E-state index in [2.05, 4.69) is 10.3 Å². The van der Waals surface area contributed by atoms with Crippen molar-refractivity contribution in [3.05, 3.63) is 53.2 Å². The molecule has 0 radical (unpaired) electrons. The Kier molecular flexibility index (Phi) is 4.10. The summed E-state index contributed by atoms with van der Waals surface area (Å²) < 4.78 is 0. The van der Waals surface area contributed by atoms with Crippen LogP contribution in [0.3, 0.4) is 0 Å². The fourth-order valence-corrected chi connectivity index (χ4v) is 2.71.